The van der Waals surface area contributed by atoms with E-state index in [1.54, 1.807) is 26.8 Å². The van der Waals surface area contributed by atoms with Crippen LogP contribution in [0.3, 0.4) is 0 Å². The molecule has 1 aromatic carbocycles. The molecule has 1 aliphatic carbocycles. The van der Waals surface area contributed by atoms with Crippen LogP contribution < -0.4 is 10.6 Å². The first-order chi connectivity index (χ1) is 17.8. The molecule has 3 aromatic rings. The minimum atomic E-state index is -5.65. The highest BCUT2D eigenvalue weighted by Crippen LogP contribution is 2.42. The SMILES string of the molecule is Cc1cc(Nc2ccc(-c3cnc(C4CCC(NC(=O)OC(C)C)CC4)s3)c(S(=O)(=O)C(F)(F)F)c2)n[nH]1. The van der Waals surface area contributed by atoms with Crippen LogP contribution in [0.2, 0.25) is 0 Å². The molecule has 1 amide bonds. The Hall–Kier alpha value is -3.13. The Labute approximate surface area is 222 Å². The molecule has 0 spiro atoms. The Kier molecular flexibility index (Phi) is 8.02. The van der Waals surface area contributed by atoms with Crippen LogP contribution in [0.1, 0.15) is 56.2 Å². The van der Waals surface area contributed by atoms with E-state index in [4.69, 9.17) is 4.74 Å². The van der Waals surface area contributed by atoms with Gasteiger partial charge in [0.2, 0.25) is 0 Å². The number of nitrogens with one attached hydrogen (secondary N) is 3. The maximum Gasteiger partial charge on any atom is 0.501 e. The van der Waals surface area contributed by atoms with Gasteiger partial charge in [0.1, 0.15) is 0 Å². The van der Waals surface area contributed by atoms with Gasteiger partial charge in [0.25, 0.3) is 9.84 Å². The lowest BCUT2D eigenvalue weighted by molar-refractivity contribution is -0.0435. The molecule has 1 saturated carbocycles. The molecular formula is C24H28F3N5O4S2. The highest BCUT2D eigenvalue weighted by atomic mass is 32.2. The van der Waals surface area contributed by atoms with E-state index in [1.807, 2.05) is 0 Å². The molecule has 9 nitrogen and oxygen atoms in total. The van der Waals surface area contributed by atoms with Crippen molar-refractivity contribution < 1.29 is 31.1 Å². The zero-order valence-electron chi connectivity index (χ0n) is 20.9. The summed E-state index contributed by atoms with van der Waals surface area (Å²) >= 11 is 1.18. The molecule has 0 aliphatic heterocycles. The molecule has 1 aliphatic rings. The third-order valence-electron chi connectivity index (χ3n) is 6.08. The summed E-state index contributed by atoms with van der Waals surface area (Å²) in [5, 5.41) is 13.1. The molecule has 4 rings (SSSR count). The fourth-order valence-corrected chi connectivity index (χ4v) is 6.47. The number of thiazole rings is 1. The molecular weight excluding hydrogens is 543 g/mol. The van der Waals surface area contributed by atoms with E-state index in [9.17, 15) is 26.4 Å². The Bertz CT molecular complexity index is 1390. The van der Waals surface area contributed by atoms with Crippen molar-refractivity contribution in [3.05, 3.63) is 41.2 Å². The minimum Gasteiger partial charge on any atom is -0.447 e. The van der Waals surface area contributed by atoms with Crippen molar-refractivity contribution in [3.63, 3.8) is 0 Å². The Morgan fingerprint density at radius 3 is 2.50 bits per heavy atom. The number of aromatic nitrogens is 3. The maximum atomic E-state index is 13.6. The first-order valence-electron chi connectivity index (χ1n) is 12.0. The molecule has 38 heavy (non-hydrogen) atoms. The van der Waals surface area contributed by atoms with E-state index in [0.717, 1.165) is 24.6 Å². The van der Waals surface area contributed by atoms with Crippen LogP contribution in [0, 0.1) is 6.92 Å². The van der Waals surface area contributed by atoms with Gasteiger partial charge in [-0.25, -0.2) is 18.2 Å². The summed E-state index contributed by atoms with van der Waals surface area (Å²) in [7, 11) is -5.65. The van der Waals surface area contributed by atoms with Crippen LogP contribution in [0.15, 0.2) is 35.4 Å². The molecule has 0 atom stereocenters. The second-order valence-corrected chi connectivity index (χ2v) is 12.4. The number of hydrogen-bond donors (Lipinski definition) is 3. The first-order valence-corrected chi connectivity index (χ1v) is 14.3. The van der Waals surface area contributed by atoms with Crippen molar-refractivity contribution >= 4 is 38.8 Å². The van der Waals surface area contributed by atoms with Crippen molar-refractivity contribution in [2.24, 2.45) is 0 Å². The molecule has 0 saturated heterocycles. The Morgan fingerprint density at radius 1 is 1.18 bits per heavy atom. The number of sulfone groups is 1. The van der Waals surface area contributed by atoms with Crippen LogP contribution in [-0.2, 0) is 14.6 Å². The average Bonchev–Trinajstić information content (AvgIpc) is 3.47. The predicted molar refractivity (Wildman–Crippen MR) is 137 cm³/mol. The van der Waals surface area contributed by atoms with Crippen LogP contribution in [-0.4, -0.2) is 47.3 Å². The van der Waals surface area contributed by atoms with Gasteiger partial charge in [0, 0.05) is 41.2 Å². The van der Waals surface area contributed by atoms with Gasteiger partial charge in [0.05, 0.1) is 20.9 Å². The number of rotatable bonds is 7. The van der Waals surface area contributed by atoms with Gasteiger partial charge >= 0.3 is 11.6 Å². The van der Waals surface area contributed by atoms with E-state index in [1.165, 1.54) is 29.7 Å². The summed E-state index contributed by atoms with van der Waals surface area (Å²) < 4.78 is 70.9. The van der Waals surface area contributed by atoms with Crippen molar-refractivity contribution in [1.82, 2.24) is 20.5 Å². The minimum absolute atomic E-state index is 0.0289. The Balaban J connectivity index is 1.55. The van der Waals surface area contributed by atoms with Gasteiger partial charge in [-0.1, -0.05) is 6.07 Å². The second-order valence-electron chi connectivity index (χ2n) is 9.43. The number of carbonyl (C=O) groups is 1. The largest absolute Gasteiger partial charge is 0.501 e. The van der Waals surface area contributed by atoms with Gasteiger partial charge in [-0.2, -0.15) is 18.3 Å². The number of benzene rings is 1. The third-order valence-corrected chi connectivity index (χ3v) is 8.80. The number of aromatic amines is 1. The number of alkyl halides is 3. The molecule has 2 heterocycles. The van der Waals surface area contributed by atoms with E-state index in [2.05, 4.69) is 25.8 Å². The number of carbonyl (C=O) groups excluding carboxylic acids is 1. The summed E-state index contributed by atoms with van der Waals surface area (Å²) in [6, 6.07) is 5.42. The number of alkyl carbamates (subject to hydrolysis) is 1. The fraction of sp³-hybridized carbons (Fsp3) is 0.458. The average molecular weight is 572 g/mol. The fourth-order valence-electron chi connectivity index (χ4n) is 4.28. The summed E-state index contributed by atoms with van der Waals surface area (Å²) in [6.45, 7) is 5.30. The topological polar surface area (TPSA) is 126 Å². The highest BCUT2D eigenvalue weighted by molar-refractivity contribution is 7.92. The van der Waals surface area contributed by atoms with Gasteiger partial charge in [0.15, 0.2) is 5.82 Å². The summed E-state index contributed by atoms with van der Waals surface area (Å²) in [5.41, 5.74) is -4.67. The Morgan fingerprint density at radius 2 is 1.89 bits per heavy atom. The number of anilines is 2. The second kappa shape index (κ2) is 10.9. The monoisotopic (exact) mass is 571 g/mol. The smallest absolute Gasteiger partial charge is 0.447 e. The number of halogens is 3. The lowest BCUT2D eigenvalue weighted by Gasteiger charge is -2.28. The van der Waals surface area contributed by atoms with Crippen LogP contribution in [0.5, 0.6) is 0 Å². The zero-order valence-corrected chi connectivity index (χ0v) is 22.6. The first kappa shape index (κ1) is 27.9. The zero-order chi connectivity index (χ0) is 27.7. The van der Waals surface area contributed by atoms with Gasteiger partial charge in [-0.15, -0.1) is 11.3 Å². The maximum absolute atomic E-state index is 13.6. The highest BCUT2D eigenvalue weighted by Gasteiger charge is 2.48. The third kappa shape index (κ3) is 6.29. The van der Waals surface area contributed by atoms with Gasteiger partial charge in [-0.05, 0) is 58.6 Å². The number of H-pyrrole nitrogens is 1. The lowest BCUT2D eigenvalue weighted by atomic mass is 9.86. The quantitative estimate of drug-likeness (QED) is 0.316. The van der Waals surface area contributed by atoms with E-state index < -0.39 is 26.3 Å². The lowest BCUT2D eigenvalue weighted by Crippen LogP contribution is -2.38. The molecule has 3 N–H and O–H groups in total. The van der Waals surface area contributed by atoms with Gasteiger partial charge < -0.3 is 15.4 Å². The van der Waals surface area contributed by atoms with E-state index >= 15 is 0 Å². The predicted octanol–water partition coefficient (Wildman–Crippen LogP) is 6.04. The van der Waals surface area contributed by atoms with Crippen molar-refractivity contribution in [2.45, 2.75) is 74.9 Å². The summed E-state index contributed by atoms with van der Waals surface area (Å²) in [4.78, 5) is 15.8. The normalized spacial score (nSPS) is 18.4. The van der Waals surface area contributed by atoms with Crippen molar-refractivity contribution in [1.29, 1.82) is 0 Å². The van der Waals surface area contributed by atoms with Crippen LogP contribution in [0.4, 0.5) is 29.5 Å². The molecule has 0 bridgehead atoms. The number of nitrogens with zero attached hydrogens (tertiary/aromatic N) is 2. The number of aryl methyl sites for hydroxylation is 1. The van der Waals surface area contributed by atoms with E-state index in [0.29, 0.717) is 28.5 Å². The molecule has 1 fully saturated rings. The molecule has 0 radical (unpaired) electrons. The summed E-state index contributed by atoms with van der Waals surface area (Å²) in [5.74, 6) is 0.396. The van der Waals surface area contributed by atoms with Crippen molar-refractivity contribution in [3.8, 4) is 10.4 Å². The number of amides is 1. The number of ether oxygens (including phenoxy) is 1. The molecule has 14 heteroatoms. The standard InChI is InChI=1S/C24H28F3N5O4S2/c1-13(2)36-23(33)30-16-6-4-15(5-7-16)22-28-12-19(37-22)18-9-8-17(29-21-10-14(3)31-32-21)11-20(18)38(34,35)24(25,26)27/h8-13,15-16H,4-7H2,1-3H3,(H,30,33)(H2,29,31,32). The molecule has 0 unspecified atom stereocenters. The van der Waals surface area contributed by atoms with Crippen LogP contribution >= 0.6 is 11.3 Å². The molecule has 2 aromatic heterocycles. The summed E-state index contributed by atoms with van der Waals surface area (Å²) in [6.07, 6.45) is 3.59. The van der Waals surface area contributed by atoms with Crippen molar-refractivity contribution in [2.75, 3.05) is 5.32 Å². The van der Waals surface area contributed by atoms with Crippen LogP contribution in [0.25, 0.3) is 10.4 Å². The number of hydrogen-bond acceptors (Lipinski definition) is 8. The van der Waals surface area contributed by atoms with Gasteiger partial charge in [-0.3, -0.25) is 5.10 Å². The van der Waals surface area contributed by atoms with E-state index in [-0.39, 0.29) is 29.3 Å². The molecule has 206 valence electrons.